The number of nitrogens with one attached hydrogen (secondary N) is 1. The molecule has 4 heteroatoms. The summed E-state index contributed by atoms with van der Waals surface area (Å²) in [6.45, 7) is 4.39. The van der Waals surface area contributed by atoms with Crippen LogP contribution in [0.2, 0.25) is 0 Å². The second-order valence-corrected chi connectivity index (χ2v) is 5.80. The topological polar surface area (TPSA) is 55.1 Å². The lowest BCUT2D eigenvalue weighted by Crippen LogP contribution is -2.29. The van der Waals surface area contributed by atoms with Crippen molar-refractivity contribution >= 4 is 18.3 Å². The summed E-state index contributed by atoms with van der Waals surface area (Å²) < 4.78 is 0. The van der Waals surface area contributed by atoms with E-state index < -0.39 is 0 Å². The molecule has 0 aliphatic rings. The summed E-state index contributed by atoms with van der Waals surface area (Å²) in [6.07, 6.45) is 2.03. The van der Waals surface area contributed by atoms with Gasteiger partial charge in [-0.25, -0.2) is 0 Å². The quantitative estimate of drug-likeness (QED) is 0.808. The summed E-state index contributed by atoms with van der Waals surface area (Å²) >= 11 is 0. The maximum absolute atomic E-state index is 11.0. The van der Waals surface area contributed by atoms with Gasteiger partial charge in [0.2, 0.25) is 5.91 Å². The third kappa shape index (κ3) is 6.05. The number of carbonyl (C=O) groups excluding carboxylic acids is 1. The zero-order valence-corrected chi connectivity index (χ0v) is 14.5. The van der Waals surface area contributed by atoms with E-state index in [4.69, 9.17) is 5.73 Å². The van der Waals surface area contributed by atoms with E-state index in [9.17, 15) is 4.79 Å². The minimum atomic E-state index is -0.377. The number of hydrogen-bond acceptors (Lipinski definition) is 2. The van der Waals surface area contributed by atoms with Crippen LogP contribution in [0, 0.1) is 0 Å². The molecule has 0 aliphatic heterocycles. The number of aryl methyl sites for hydroxylation is 1. The fraction of sp³-hybridized carbons (Fsp3) is 0.316. The van der Waals surface area contributed by atoms with E-state index in [0.29, 0.717) is 17.6 Å². The molecular formula is C19H25ClN2O. The zero-order chi connectivity index (χ0) is 15.9. The predicted molar refractivity (Wildman–Crippen MR) is 98.0 cm³/mol. The van der Waals surface area contributed by atoms with Gasteiger partial charge in [0.25, 0.3) is 0 Å². The first-order chi connectivity index (χ1) is 10.6. The molecule has 0 saturated heterocycles. The summed E-state index contributed by atoms with van der Waals surface area (Å²) in [5.41, 5.74) is 8.34. The highest BCUT2D eigenvalue weighted by Gasteiger charge is 2.09. The Bertz CT molecular complexity index is 599. The van der Waals surface area contributed by atoms with Crippen molar-refractivity contribution in [3.8, 4) is 0 Å². The maximum atomic E-state index is 11.0. The summed E-state index contributed by atoms with van der Waals surface area (Å²) in [5, 5.41) is 3.62. The summed E-state index contributed by atoms with van der Waals surface area (Å²) in [7, 11) is 0. The largest absolute Gasteiger partial charge is 0.366 e. The van der Waals surface area contributed by atoms with Gasteiger partial charge in [-0.1, -0.05) is 42.5 Å². The third-order valence-corrected chi connectivity index (χ3v) is 3.94. The third-order valence-electron chi connectivity index (χ3n) is 3.94. The van der Waals surface area contributed by atoms with Gasteiger partial charge >= 0.3 is 0 Å². The number of carbonyl (C=O) groups is 1. The molecule has 0 unspecified atom stereocenters. The Morgan fingerprint density at radius 1 is 1.04 bits per heavy atom. The SMILES string of the molecule is C[C@H](N[C@@H](C)CCc1ccc(C(N)=O)cc1)c1ccccc1.Cl. The number of primary amides is 1. The van der Waals surface area contributed by atoms with Crippen molar-refractivity contribution in [1.29, 1.82) is 0 Å². The molecule has 0 saturated carbocycles. The summed E-state index contributed by atoms with van der Waals surface area (Å²) in [5.74, 6) is -0.377. The van der Waals surface area contributed by atoms with Gasteiger partial charge < -0.3 is 11.1 Å². The molecule has 23 heavy (non-hydrogen) atoms. The van der Waals surface area contributed by atoms with Gasteiger partial charge in [0.05, 0.1) is 0 Å². The van der Waals surface area contributed by atoms with Crippen LogP contribution >= 0.6 is 12.4 Å². The molecule has 3 N–H and O–H groups in total. The summed E-state index contributed by atoms with van der Waals surface area (Å²) in [4.78, 5) is 11.0. The first kappa shape index (κ1) is 19.2. The minimum absolute atomic E-state index is 0. The van der Waals surface area contributed by atoms with E-state index >= 15 is 0 Å². The minimum Gasteiger partial charge on any atom is -0.366 e. The molecule has 2 rings (SSSR count). The molecule has 3 nitrogen and oxygen atoms in total. The highest BCUT2D eigenvalue weighted by molar-refractivity contribution is 5.92. The molecule has 0 spiro atoms. The van der Waals surface area contributed by atoms with Crippen molar-refractivity contribution in [1.82, 2.24) is 5.32 Å². The number of rotatable bonds is 7. The van der Waals surface area contributed by atoms with E-state index in [1.54, 1.807) is 12.1 Å². The molecule has 0 aliphatic carbocycles. The highest BCUT2D eigenvalue weighted by Crippen LogP contribution is 2.14. The zero-order valence-electron chi connectivity index (χ0n) is 13.7. The average molecular weight is 333 g/mol. The fourth-order valence-corrected chi connectivity index (χ4v) is 2.57. The number of hydrogen-bond donors (Lipinski definition) is 2. The molecule has 2 atom stereocenters. The molecule has 2 aromatic carbocycles. The van der Waals surface area contributed by atoms with Crippen LogP contribution in [0.4, 0.5) is 0 Å². The molecule has 1 amide bonds. The Balaban J connectivity index is 0.00000264. The second-order valence-electron chi connectivity index (χ2n) is 5.80. The molecule has 0 bridgehead atoms. The van der Waals surface area contributed by atoms with Gasteiger partial charge in [-0.2, -0.15) is 0 Å². The Hall–Kier alpha value is -1.84. The van der Waals surface area contributed by atoms with E-state index in [1.807, 2.05) is 18.2 Å². The van der Waals surface area contributed by atoms with Gasteiger partial charge in [0.1, 0.15) is 0 Å². The molecule has 124 valence electrons. The molecule has 0 heterocycles. The lowest BCUT2D eigenvalue weighted by atomic mass is 10.0. The Morgan fingerprint density at radius 2 is 1.65 bits per heavy atom. The van der Waals surface area contributed by atoms with Crippen LogP contribution in [0.15, 0.2) is 54.6 Å². The number of halogens is 1. The number of benzene rings is 2. The van der Waals surface area contributed by atoms with Crippen LogP contribution < -0.4 is 11.1 Å². The fourth-order valence-electron chi connectivity index (χ4n) is 2.57. The van der Waals surface area contributed by atoms with Crippen LogP contribution in [0.5, 0.6) is 0 Å². The van der Waals surface area contributed by atoms with Crippen LogP contribution in [-0.4, -0.2) is 11.9 Å². The predicted octanol–water partition coefficient (Wildman–Crippen LogP) is 3.88. The molecular weight excluding hydrogens is 308 g/mol. The van der Waals surface area contributed by atoms with E-state index in [-0.39, 0.29) is 18.3 Å². The molecule has 0 fully saturated rings. The first-order valence-electron chi connectivity index (χ1n) is 7.76. The van der Waals surface area contributed by atoms with Crippen LogP contribution in [0.25, 0.3) is 0 Å². The van der Waals surface area contributed by atoms with Crippen LogP contribution in [0.3, 0.4) is 0 Å². The molecule has 0 radical (unpaired) electrons. The van der Waals surface area contributed by atoms with E-state index in [2.05, 4.69) is 43.4 Å². The van der Waals surface area contributed by atoms with Gasteiger partial charge in [-0.05, 0) is 49.9 Å². The normalized spacial score (nSPS) is 13.0. The second kappa shape index (κ2) is 9.33. The van der Waals surface area contributed by atoms with Gasteiger partial charge in [0.15, 0.2) is 0 Å². The average Bonchev–Trinajstić information content (AvgIpc) is 2.54. The van der Waals surface area contributed by atoms with Crippen molar-refractivity contribution in [2.45, 2.75) is 38.8 Å². The van der Waals surface area contributed by atoms with E-state index in [1.165, 1.54) is 11.1 Å². The summed E-state index contributed by atoms with van der Waals surface area (Å²) in [6, 6.07) is 18.8. The highest BCUT2D eigenvalue weighted by atomic mass is 35.5. The lowest BCUT2D eigenvalue weighted by molar-refractivity contribution is 0.100. The van der Waals surface area contributed by atoms with Crippen molar-refractivity contribution < 1.29 is 4.79 Å². The van der Waals surface area contributed by atoms with Gasteiger partial charge in [-0.3, -0.25) is 4.79 Å². The molecule has 0 aromatic heterocycles. The Kier molecular flexibility index (Phi) is 7.79. The van der Waals surface area contributed by atoms with Crippen LogP contribution in [0.1, 0.15) is 47.8 Å². The van der Waals surface area contributed by atoms with E-state index in [0.717, 1.165) is 12.8 Å². The van der Waals surface area contributed by atoms with Crippen molar-refractivity contribution in [3.05, 3.63) is 71.3 Å². The Morgan fingerprint density at radius 3 is 2.22 bits per heavy atom. The maximum Gasteiger partial charge on any atom is 0.248 e. The monoisotopic (exact) mass is 332 g/mol. The number of nitrogens with two attached hydrogens (primary N) is 1. The van der Waals surface area contributed by atoms with Gasteiger partial charge in [-0.15, -0.1) is 12.4 Å². The Labute approximate surface area is 144 Å². The van der Waals surface area contributed by atoms with Crippen molar-refractivity contribution in [2.24, 2.45) is 5.73 Å². The number of amides is 1. The van der Waals surface area contributed by atoms with Crippen molar-refractivity contribution in [3.63, 3.8) is 0 Å². The lowest BCUT2D eigenvalue weighted by Gasteiger charge is -2.20. The smallest absolute Gasteiger partial charge is 0.248 e. The first-order valence-corrected chi connectivity index (χ1v) is 7.76. The van der Waals surface area contributed by atoms with Crippen molar-refractivity contribution in [2.75, 3.05) is 0 Å². The molecule has 2 aromatic rings. The van der Waals surface area contributed by atoms with Crippen LogP contribution in [-0.2, 0) is 6.42 Å². The van der Waals surface area contributed by atoms with Gasteiger partial charge in [0, 0.05) is 17.6 Å². The standard InChI is InChI=1S/C19H24N2O.ClH/c1-14(21-15(2)17-6-4-3-5-7-17)8-9-16-10-12-18(13-11-16)19(20)22;/h3-7,10-15,21H,8-9H2,1-2H3,(H2,20,22);1H/t14-,15-;/m0./s1.